The van der Waals surface area contributed by atoms with Crippen molar-refractivity contribution in [1.29, 1.82) is 0 Å². The van der Waals surface area contributed by atoms with E-state index >= 15 is 0 Å². The summed E-state index contributed by atoms with van der Waals surface area (Å²) in [4.78, 5) is 37.2. The van der Waals surface area contributed by atoms with Crippen molar-refractivity contribution < 1.29 is 19.4 Å². The zero-order valence-corrected chi connectivity index (χ0v) is 20.7. The molecular weight excluding hydrogens is 517 g/mol. The third kappa shape index (κ3) is 5.42. The highest BCUT2D eigenvalue weighted by Crippen LogP contribution is 2.39. The lowest BCUT2D eigenvalue weighted by atomic mass is 10.0. The van der Waals surface area contributed by atoms with Crippen LogP contribution in [0, 0.1) is 0 Å². The number of nitrogens with one attached hydrogen (secondary N) is 1. The Morgan fingerprint density at radius 2 is 1.94 bits per heavy atom. The number of methoxy groups -OCH3 is 1. The minimum Gasteiger partial charge on any atom is -0.481 e. The van der Waals surface area contributed by atoms with Gasteiger partial charge >= 0.3 is 6.09 Å². The molecule has 182 valence electrons. The number of nitrogens with zero attached hydrogens (tertiary/aromatic N) is 4. The molecule has 2 N–H and O–H groups in total. The highest BCUT2D eigenvalue weighted by molar-refractivity contribution is 6.43. The zero-order valence-electron chi connectivity index (χ0n) is 18.5. The molecule has 1 aliphatic rings. The summed E-state index contributed by atoms with van der Waals surface area (Å²) >= 11 is 19.0. The van der Waals surface area contributed by atoms with E-state index in [9.17, 15) is 14.7 Å². The zero-order chi connectivity index (χ0) is 25.1. The highest BCUT2D eigenvalue weighted by Gasteiger charge is 2.26. The summed E-state index contributed by atoms with van der Waals surface area (Å²) in [6, 6.07) is 8.58. The number of amides is 2. The molecule has 1 unspecified atom stereocenters. The predicted molar refractivity (Wildman–Crippen MR) is 132 cm³/mol. The lowest BCUT2D eigenvalue weighted by molar-refractivity contribution is -0.119. The third-order valence-electron chi connectivity index (χ3n) is 5.57. The van der Waals surface area contributed by atoms with Gasteiger partial charge in [0.1, 0.15) is 11.3 Å². The fraction of sp³-hybridized carbons (Fsp3) is 0.261. The van der Waals surface area contributed by atoms with Gasteiger partial charge in [0.05, 0.1) is 30.1 Å². The maximum absolute atomic E-state index is 11.8. The van der Waals surface area contributed by atoms with Crippen molar-refractivity contribution >= 4 is 46.8 Å². The van der Waals surface area contributed by atoms with E-state index in [1.807, 2.05) is 0 Å². The largest absolute Gasteiger partial charge is 0.481 e. The first-order valence-electron chi connectivity index (χ1n) is 10.5. The van der Waals surface area contributed by atoms with Crippen molar-refractivity contribution in [3.8, 4) is 28.4 Å². The van der Waals surface area contributed by atoms with Crippen molar-refractivity contribution in [3.63, 3.8) is 0 Å². The Hall–Kier alpha value is -3.14. The lowest BCUT2D eigenvalue weighted by Gasteiger charge is -2.23. The van der Waals surface area contributed by atoms with Crippen LogP contribution in [0.2, 0.25) is 15.2 Å². The number of carbonyl (C=O) groups excluding carboxylic acids is 1. The molecule has 1 saturated heterocycles. The summed E-state index contributed by atoms with van der Waals surface area (Å²) in [5.41, 5.74) is 2.63. The molecule has 1 aromatic carbocycles. The molecule has 1 aliphatic heterocycles. The van der Waals surface area contributed by atoms with Crippen LogP contribution in [0.15, 0.2) is 36.7 Å². The van der Waals surface area contributed by atoms with Crippen molar-refractivity contribution in [1.82, 2.24) is 25.2 Å². The normalized spacial score (nSPS) is 15.1. The molecule has 0 saturated carbocycles. The van der Waals surface area contributed by atoms with Gasteiger partial charge in [-0.1, -0.05) is 53.0 Å². The van der Waals surface area contributed by atoms with Gasteiger partial charge in [-0.05, 0) is 18.6 Å². The van der Waals surface area contributed by atoms with E-state index < -0.39 is 6.09 Å². The fourth-order valence-electron chi connectivity index (χ4n) is 3.86. The second-order valence-electron chi connectivity index (χ2n) is 7.83. The average Bonchev–Trinajstić information content (AvgIpc) is 3.25. The Kier molecular flexibility index (Phi) is 7.59. The topological polar surface area (TPSA) is 118 Å². The van der Waals surface area contributed by atoms with Crippen LogP contribution in [0.3, 0.4) is 0 Å². The molecular formula is C23H20Cl3N5O4. The van der Waals surface area contributed by atoms with E-state index in [2.05, 4.69) is 20.3 Å². The van der Waals surface area contributed by atoms with Crippen LogP contribution in [0.5, 0.6) is 5.88 Å². The summed E-state index contributed by atoms with van der Waals surface area (Å²) < 4.78 is 5.46. The van der Waals surface area contributed by atoms with Crippen LogP contribution < -0.4 is 10.1 Å². The number of pyridine rings is 1. The molecule has 1 fully saturated rings. The van der Waals surface area contributed by atoms with Gasteiger partial charge in [0.25, 0.3) is 0 Å². The lowest BCUT2D eigenvalue weighted by Crippen LogP contribution is -2.41. The van der Waals surface area contributed by atoms with Crippen LogP contribution in [-0.4, -0.2) is 56.7 Å². The van der Waals surface area contributed by atoms with Gasteiger partial charge in [-0.25, -0.2) is 19.7 Å². The van der Waals surface area contributed by atoms with E-state index in [0.29, 0.717) is 45.9 Å². The van der Waals surface area contributed by atoms with E-state index in [1.165, 1.54) is 18.3 Å². The Morgan fingerprint density at radius 3 is 2.63 bits per heavy atom. The minimum atomic E-state index is -1.10. The number of aromatic nitrogens is 3. The second-order valence-corrected chi connectivity index (χ2v) is 8.94. The predicted octanol–water partition coefficient (Wildman–Crippen LogP) is 4.93. The molecule has 9 nitrogen and oxygen atoms in total. The number of carbonyl (C=O) groups is 2. The van der Waals surface area contributed by atoms with Crippen LogP contribution >= 0.6 is 34.8 Å². The Labute approximate surface area is 216 Å². The maximum atomic E-state index is 11.8. The molecule has 0 radical (unpaired) electrons. The summed E-state index contributed by atoms with van der Waals surface area (Å²) in [5, 5.41) is 13.1. The number of halogens is 3. The second kappa shape index (κ2) is 10.6. The summed E-state index contributed by atoms with van der Waals surface area (Å²) in [6.07, 6.45) is 1.18. The molecule has 3 heterocycles. The van der Waals surface area contributed by atoms with Crippen molar-refractivity contribution in [3.05, 3.63) is 57.4 Å². The van der Waals surface area contributed by atoms with Gasteiger partial charge in [0.2, 0.25) is 11.8 Å². The van der Waals surface area contributed by atoms with Gasteiger partial charge in [0, 0.05) is 35.7 Å². The first-order valence-corrected chi connectivity index (χ1v) is 11.7. The number of hydrogen-bond donors (Lipinski definition) is 2. The third-order valence-corrected chi connectivity index (χ3v) is 6.72. The molecule has 4 rings (SSSR count). The summed E-state index contributed by atoms with van der Waals surface area (Å²) in [7, 11) is 1.46. The molecule has 0 bridgehead atoms. The van der Waals surface area contributed by atoms with Crippen molar-refractivity contribution in [2.75, 3.05) is 13.7 Å². The smallest absolute Gasteiger partial charge is 0.407 e. The number of carboxylic acid groups (broad SMARTS) is 1. The van der Waals surface area contributed by atoms with Crippen LogP contribution in [0.4, 0.5) is 4.79 Å². The van der Waals surface area contributed by atoms with Gasteiger partial charge in [-0.2, -0.15) is 0 Å². The molecule has 2 aromatic heterocycles. The first kappa shape index (κ1) is 25.0. The Balaban J connectivity index is 1.64. The number of ether oxygens (including phenoxy) is 1. The number of hydrogen-bond acceptors (Lipinski definition) is 6. The molecule has 0 aliphatic carbocycles. The van der Waals surface area contributed by atoms with E-state index in [0.717, 1.165) is 0 Å². The molecule has 35 heavy (non-hydrogen) atoms. The number of rotatable bonds is 7. The van der Waals surface area contributed by atoms with E-state index in [1.54, 1.807) is 30.3 Å². The Morgan fingerprint density at radius 1 is 1.17 bits per heavy atom. The van der Waals surface area contributed by atoms with Gasteiger partial charge < -0.3 is 20.1 Å². The minimum absolute atomic E-state index is 0.0426. The van der Waals surface area contributed by atoms with Crippen LogP contribution in [0.1, 0.15) is 18.4 Å². The van der Waals surface area contributed by atoms with Crippen LogP contribution in [0.25, 0.3) is 22.5 Å². The number of benzene rings is 1. The van der Waals surface area contributed by atoms with Gasteiger partial charge in [-0.15, -0.1) is 0 Å². The molecule has 12 heteroatoms. The fourth-order valence-corrected chi connectivity index (χ4v) is 4.51. The molecule has 2 amide bonds. The Bertz CT molecular complexity index is 1290. The standard InChI is InChI=1S/C23H20Cl3N5O4/c1-35-22-12(9-31(23(33)34)10-13-6-8-17(32)29-13)5-7-16(30-22)14-3-2-4-15(18(14)24)20-19(25)21(26)28-11-27-20/h2-5,7,11,13H,6,8-10H2,1H3,(H,29,32)(H,33,34). The molecule has 1 atom stereocenters. The van der Waals surface area contributed by atoms with Crippen molar-refractivity contribution in [2.24, 2.45) is 0 Å². The maximum Gasteiger partial charge on any atom is 0.407 e. The van der Waals surface area contributed by atoms with E-state index in [-0.39, 0.29) is 41.1 Å². The average molecular weight is 537 g/mol. The SMILES string of the molecule is COc1nc(-c2cccc(-c3ncnc(Cl)c3Cl)c2Cl)ccc1CN(CC1CCC(=O)N1)C(=O)O. The quantitative estimate of drug-likeness (QED) is 0.411. The highest BCUT2D eigenvalue weighted by atomic mass is 35.5. The van der Waals surface area contributed by atoms with Gasteiger partial charge in [0.15, 0.2) is 5.15 Å². The monoisotopic (exact) mass is 535 g/mol. The molecule has 3 aromatic rings. The van der Waals surface area contributed by atoms with Gasteiger partial charge in [-0.3, -0.25) is 4.79 Å². The molecule has 0 spiro atoms. The summed E-state index contributed by atoms with van der Waals surface area (Å²) in [5.74, 6) is 0.183. The van der Waals surface area contributed by atoms with Crippen molar-refractivity contribution in [2.45, 2.75) is 25.4 Å². The summed E-state index contributed by atoms with van der Waals surface area (Å²) in [6.45, 7) is 0.211. The van der Waals surface area contributed by atoms with Crippen LogP contribution in [-0.2, 0) is 11.3 Å². The first-order chi connectivity index (χ1) is 16.8. The van der Waals surface area contributed by atoms with E-state index in [4.69, 9.17) is 39.5 Å².